The van der Waals surface area contributed by atoms with Gasteiger partial charge in [0.2, 0.25) is 0 Å². The highest BCUT2D eigenvalue weighted by molar-refractivity contribution is 6.30. The predicted octanol–water partition coefficient (Wildman–Crippen LogP) is 3.90. The molecule has 1 aliphatic rings. The largest absolute Gasteiger partial charge is 0.310 e. The van der Waals surface area contributed by atoms with Crippen LogP contribution in [0.15, 0.2) is 24.3 Å². The third-order valence-electron chi connectivity index (χ3n) is 3.73. The molecule has 0 amide bonds. The Morgan fingerprint density at radius 3 is 2.44 bits per heavy atom. The highest BCUT2D eigenvalue weighted by atomic mass is 35.5. The molecule has 18 heavy (non-hydrogen) atoms. The molecule has 0 spiro atoms. The van der Waals surface area contributed by atoms with E-state index < -0.39 is 0 Å². The summed E-state index contributed by atoms with van der Waals surface area (Å²) in [4.78, 5) is 0. The molecule has 1 aliphatic carbocycles. The highest BCUT2D eigenvalue weighted by Gasteiger charge is 2.20. The van der Waals surface area contributed by atoms with Crippen LogP contribution in [0, 0.1) is 17.2 Å². The molecule has 1 fully saturated rings. The van der Waals surface area contributed by atoms with Gasteiger partial charge in [-0.05, 0) is 49.3 Å². The summed E-state index contributed by atoms with van der Waals surface area (Å²) in [6.45, 7) is 0.907. The SMILES string of the molecule is N#CC[C@H]1CC[C@@H](NCc2ccc(Cl)cc2)CC1. The maximum absolute atomic E-state index is 8.68. The van der Waals surface area contributed by atoms with Gasteiger partial charge in [0.1, 0.15) is 0 Å². The molecule has 0 aliphatic heterocycles. The van der Waals surface area contributed by atoms with E-state index in [2.05, 4.69) is 23.5 Å². The number of nitrogens with one attached hydrogen (secondary N) is 1. The summed E-state index contributed by atoms with van der Waals surface area (Å²) in [6.07, 6.45) is 5.49. The smallest absolute Gasteiger partial charge is 0.0624 e. The lowest BCUT2D eigenvalue weighted by molar-refractivity contribution is 0.294. The molecular formula is C15H19ClN2. The topological polar surface area (TPSA) is 35.8 Å². The van der Waals surface area contributed by atoms with E-state index in [9.17, 15) is 0 Å². The monoisotopic (exact) mass is 262 g/mol. The van der Waals surface area contributed by atoms with E-state index in [0.29, 0.717) is 12.0 Å². The summed E-state index contributed by atoms with van der Waals surface area (Å²) in [5.41, 5.74) is 1.28. The zero-order valence-electron chi connectivity index (χ0n) is 10.5. The third-order valence-corrected chi connectivity index (χ3v) is 3.99. The molecule has 3 heteroatoms. The van der Waals surface area contributed by atoms with Crippen LogP contribution >= 0.6 is 11.6 Å². The molecule has 0 unspecified atom stereocenters. The second kappa shape index (κ2) is 6.78. The first kappa shape index (κ1) is 13.4. The molecule has 0 atom stereocenters. The average Bonchev–Trinajstić information content (AvgIpc) is 2.40. The van der Waals surface area contributed by atoms with Gasteiger partial charge in [0.05, 0.1) is 6.07 Å². The molecule has 1 N–H and O–H groups in total. The zero-order valence-corrected chi connectivity index (χ0v) is 11.3. The number of rotatable bonds is 4. The quantitative estimate of drug-likeness (QED) is 0.893. The van der Waals surface area contributed by atoms with Crippen LogP contribution in [-0.2, 0) is 6.54 Å². The first-order valence-corrected chi connectivity index (χ1v) is 7.00. The Hall–Kier alpha value is -1.04. The van der Waals surface area contributed by atoms with Gasteiger partial charge >= 0.3 is 0 Å². The van der Waals surface area contributed by atoms with Crippen molar-refractivity contribution in [2.24, 2.45) is 5.92 Å². The van der Waals surface area contributed by atoms with Gasteiger partial charge in [0, 0.05) is 24.0 Å². The third kappa shape index (κ3) is 4.01. The zero-order chi connectivity index (χ0) is 12.8. The van der Waals surface area contributed by atoms with Gasteiger partial charge in [-0.15, -0.1) is 0 Å². The Morgan fingerprint density at radius 2 is 1.83 bits per heavy atom. The van der Waals surface area contributed by atoms with E-state index in [0.717, 1.165) is 18.0 Å². The Labute approximate surface area is 114 Å². The van der Waals surface area contributed by atoms with E-state index in [1.807, 2.05) is 12.1 Å². The molecule has 2 nitrogen and oxygen atoms in total. The van der Waals surface area contributed by atoms with Crippen LogP contribution in [0.1, 0.15) is 37.7 Å². The summed E-state index contributed by atoms with van der Waals surface area (Å²) < 4.78 is 0. The van der Waals surface area contributed by atoms with Gasteiger partial charge < -0.3 is 5.32 Å². The van der Waals surface area contributed by atoms with Gasteiger partial charge in [-0.3, -0.25) is 0 Å². The van der Waals surface area contributed by atoms with Crippen molar-refractivity contribution in [3.05, 3.63) is 34.9 Å². The Balaban J connectivity index is 1.72. The molecule has 0 heterocycles. The minimum absolute atomic E-state index is 0.607. The second-order valence-electron chi connectivity index (χ2n) is 5.09. The molecule has 0 saturated heterocycles. The first-order valence-electron chi connectivity index (χ1n) is 6.62. The molecule has 2 rings (SSSR count). The van der Waals surface area contributed by atoms with Crippen molar-refractivity contribution in [1.29, 1.82) is 5.26 Å². The summed E-state index contributed by atoms with van der Waals surface area (Å²) in [7, 11) is 0. The van der Waals surface area contributed by atoms with Crippen molar-refractivity contribution in [3.8, 4) is 6.07 Å². The summed E-state index contributed by atoms with van der Waals surface area (Å²) in [5.74, 6) is 0.628. The Bertz CT molecular complexity index is 399. The lowest BCUT2D eigenvalue weighted by atomic mass is 9.84. The van der Waals surface area contributed by atoms with Gasteiger partial charge in [0.15, 0.2) is 0 Å². The van der Waals surface area contributed by atoms with Crippen LogP contribution in [0.25, 0.3) is 0 Å². The number of nitrogens with zero attached hydrogens (tertiary/aromatic N) is 1. The van der Waals surface area contributed by atoms with Crippen LogP contribution in [0.3, 0.4) is 0 Å². The number of hydrogen-bond donors (Lipinski definition) is 1. The molecular weight excluding hydrogens is 244 g/mol. The number of benzene rings is 1. The van der Waals surface area contributed by atoms with Gasteiger partial charge in [-0.2, -0.15) is 5.26 Å². The Morgan fingerprint density at radius 1 is 1.17 bits per heavy atom. The molecule has 0 radical (unpaired) electrons. The van der Waals surface area contributed by atoms with E-state index in [1.165, 1.54) is 31.2 Å². The lowest BCUT2D eigenvalue weighted by Gasteiger charge is -2.28. The molecule has 1 saturated carbocycles. The second-order valence-corrected chi connectivity index (χ2v) is 5.52. The van der Waals surface area contributed by atoms with E-state index in [4.69, 9.17) is 16.9 Å². The standard InChI is InChI=1S/C15H19ClN2/c16-14-5-1-13(2-6-14)11-18-15-7-3-12(4-8-15)9-10-17/h1-2,5-6,12,15,18H,3-4,7-9,11H2/t12-,15+. The molecule has 96 valence electrons. The normalized spacial score (nSPS) is 23.6. The maximum Gasteiger partial charge on any atom is 0.0624 e. The minimum atomic E-state index is 0.607. The number of nitriles is 1. The van der Waals surface area contributed by atoms with E-state index in [-0.39, 0.29) is 0 Å². The van der Waals surface area contributed by atoms with Gasteiger partial charge in [-0.1, -0.05) is 23.7 Å². The van der Waals surface area contributed by atoms with Crippen LogP contribution in [-0.4, -0.2) is 6.04 Å². The van der Waals surface area contributed by atoms with E-state index >= 15 is 0 Å². The number of halogens is 1. The van der Waals surface area contributed by atoms with Crippen molar-refractivity contribution >= 4 is 11.6 Å². The number of hydrogen-bond acceptors (Lipinski definition) is 2. The first-order chi connectivity index (χ1) is 8.78. The van der Waals surface area contributed by atoms with Crippen molar-refractivity contribution in [3.63, 3.8) is 0 Å². The summed E-state index contributed by atoms with van der Waals surface area (Å²) in [5, 5.41) is 13.1. The molecule has 1 aromatic rings. The minimum Gasteiger partial charge on any atom is -0.310 e. The van der Waals surface area contributed by atoms with Crippen molar-refractivity contribution in [2.75, 3.05) is 0 Å². The van der Waals surface area contributed by atoms with Crippen LogP contribution in [0.5, 0.6) is 0 Å². The fourth-order valence-electron chi connectivity index (χ4n) is 2.56. The van der Waals surface area contributed by atoms with Crippen molar-refractivity contribution in [1.82, 2.24) is 5.32 Å². The van der Waals surface area contributed by atoms with Crippen LogP contribution in [0.4, 0.5) is 0 Å². The highest BCUT2D eigenvalue weighted by Crippen LogP contribution is 2.26. The fourth-order valence-corrected chi connectivity index (χ4v) is 2.69. The van der Waals surface area contributed by atoms with Crippen molar-refractivity contribution in [2.45, 2.75) is 44.7 Å². The van der Waals surface area contributed by atoms with Gasteiger partial charge in [-0.25, -0.2) is 0 Å². The molecule has 0 bridgehead atoms. The van der Waals surface area contributed by atoms with Crippen LogP contribution in [0.2, 0.25) is 5.02 Å². The average molecular weight is 263 g/mol. The predicted molar refractivity (Wildman–Crippen MR) is 74.3 cm³/mol. The summed E-state index contributed by atoms with van der Waals surface area (Å²) in [6, 6.07) is 10.9. The van der Waals surface area contributed by atoms with E-state index in [1.54, 1.807) is 0 Å². The molecule has 1 aromatic carbocycles. The maximum atomic E-state index is 8.68. The van der Waals surface area contributed by atoms with Crippen LogP contribution < -0.4 is 5.32 Å². The fraction of sp³-hybridized carbons (Fsp3) is 0.533. The molecule has 0 aromatic heterocycles. The lowest BCUT2D eigenvalue weighted by Crippen LogP contribution is -2.32. The Kier molecular flexibility index (Phi) is 5.04. The van der Waals surface area contributed by atoms with Gasteiger partial charge in [0.25, 0.3) is 0 Å². The summed E-state index contributed by atoms with van der Waals surface area (Å²) >= 11 is 5.86. The van der Waals surface area contributed by atoms with Crippen molar-refractivity contribution < 1.29 is 0 Å².